The Labute approximate surface area is 202 Å². The SMILES string of the molecule is Cc1ccc(S(=O)(=O)n2ccc3nc(CNC(=O)C45CCC(NC(=O)O)(CC4)CC5)cnc32)cc1. The molecule has 184 valence electrons. The van der Waals surface area contributed by atoms with Crippen molar-refractivity contribution in [2.45, 2.75) is 62.4 Å². The second kappa shape index (κ2) is 8.33. The number of hydrogen-bond acceptors (Lipinski definition) is 6. The molecule has 2 amide bonds. The van der Waals surface area contributed by atoms with Crippen LogP contribution in [0.3, 0.4) is 0 Å². The number of carbonyl (C=O) groups excluding carboxylic acids is 1. The summed E-state index contributed by atoms with van der Waals surface area (Å²) < 4.78 is 27.2. The summed E-state index contributed by atoms with van der Waals surface area (Å²) in [6.07, 6.45) is 5.78. The van der Waals surface area contributed by atoms with Crippen molar-refractivity contribution in [2.24, 2.45) is 5.41 Å². The normalized spacial score (nSPS) is 23.8. The summed E-state index contributed by atoms with van der Waals surface area (Å²) >= 11 is 0. The molecule has 0 aliphatic heterocycles. The molecule has 2 aromatic heterocycles. The number of aromatic nitrogens is 3. The zero-order valence-electron chi connectivity index (χ0n) is 19.3. The van der Waals surface area contributed by atoms with Crippen LogP contribution in [0.4, 0.5) is 4.79 Å². The van der Waals surface area contributed by atoms with Gasteiger partial charge in [-0.25, -0.2) is 27.2 Å². The second-order valence-electron chi connectivity index (χ2n) is 9.67. The van der Waals surface area contributed by atoms with Crippen molar-refractivity contribution in [3.8, 4) is 0 Å². The molecule has 2 bridgehead atoms. The molecule has 0 radical (unpaired) electrons. The predicted molar refractivity (Wildman–Crippen MR) is 127 cm³/mol. The summed E-state index contributed by atoms with van der Waals surface area (Å²) in [6, 6.07) is 8.20. The van der Waals surface area contributed by atoms with Gasteiger partial charge < -0.3 is 15.7 Å². The van der Waals surface area contributed by atoms with Gasteiger partial charge in [0.05, 0.1) is 23.3 Å². The van der Waals surface area contributed by atoms with Gasteiger partial charge in [-0.1, -0.05) is 17.7 Å². The van der Waals surface area contributed by atoms with Crippen molar-refractivity contribution < 1.29 is 23.1 Å². The van der Waals surface area contributed by atoms with E-state index in [4.69, 9.17) is 5.11 Å². The van der Waals surface area contributed by atoms with Gasteiger partial charge in [0.2, 0.25) is 5.91 Å². The predicted octanol–water partition coefficient (Wildman–Crippen LogP) is 2.95. The van der Waals surface area contributed by atoms with Crippen LogP contribution >= 0.6 is 0 Å². The smallest absolute Gasteiger partial charge is 0.405 e. The highest BCUT2D eigenvalue weighted by Crippen LogP contribution is 2.52. The van der Waals surface area contributed by atoms with Gasteiger partial charge in [0.1, 0.15) is 5.52 Å². The third-order valence-corrected chi connectivity index (χ3v) is 9.19. The summed E-state index contributed by atoms with van der Waals surface area (Å²) in [6.45, 7) is 2.07. The van der Waals surface area contributed by atoms with Crippen molar-refractivity contribution >= 4 is 33.2 Å². The first-order valence-corrected chi connectivity index (χ1v) is 13.0. The van der Waals surface area contributed by atoms with E-state index in [1.54, 1.807) is 30.3 Å². The number of hydrogen-bond donors (Lipinski definition) is 3. The zero-order valence-corrected chi connectivity index (χ0v) is 20.1. The first-order chi connectivity index (χ1) is 16.6. The van der Waals surface area contributed by atoms with E-state index in [0.717, 1.165) is 9.54 Å². The number of carboxylic acid groups (broad SMARTS) is 1. The third kappa shape index (κ3) is 4.13. The van der Waals surface area contributed by atoms with E-state index in [0.29, 0.717) is 49.7 Å². The minimum atomic E-state index is -3.81. The molecule has 3 fully saturated rings. The van der Waals surface area contributed by atoms with E-state index >= 15 is 0 Å². The lowest BCUT2D eigenvalue weighted by Gasteiger charge is -2.52. The van der Waals surface area contributed by atoms with Crippen LogP contribution in [0.15, 0.2) is 47.6 Å². The first-order valence-electron chi connectivity index (χ1n) is 11.6. The highest BCUT2D eigenvalue weighted by atomic mass is 32.2. The molecule has 10 nitrogen and oxygen atoms in total. The van der Waals surface area contributed by atoms with Crippen LogP contribution in [-0.2, 0) is 21.4 Å². The van der Waals surface area contributed by atoms with E-state index < -0.39 is 27.1 Å². The summed E-state index contributed by atoms with van der Waals surface area (Å²) in [5.74, 6) is -0.0532. The fraction of sp³-hybridized carbons (Fsp3) is 0.417. The molecular formula is C24H27N5O5S. The Morgan fingerprint density at radius 1 is 1.06 bits per heavy atom. The molecule has 1 aromatic carbocycles. The topological polar surface area (TPSA) is 143 Å². The van der Waals surface area contributed by atoms with Gasteiger partial charge in [0, 0.05) is 17.2 Å². The number of carbonyl (C=O) groups is 2. The van der Waals surface area contributed by atoms with Gasteiger partial charge in [0.25, 0.3) is 10.0 Å². The molecule has 0 spiro atoms. The summed E-state index contributed by atoms with van der Waals surface area (Å²) in [5, 5.41) is 14.7. The Kier molecular flexibility index (Phi) is 5.54. The van der Waals surface area contributed by atoms with Crippen molar-refractivity contribution in [1.82, 2.24) is 24.6 Å². The van der Waals surface area contributed by atoms with Crippen LogP contribution in [0.2, 0.25) is 0 Å². The van der Waals surface area contributed by atoms with Gasteiger partial charge in [-0.3, -0.25) is 4.79 Å². The maximum absolute atomic E-state index is 13.1. The average molecular weight is 498 g/mol. The maximum atomic E-state index is 13.1. The number of nitrogens with zero attached hydrogens (tertiary/aromatic N) is 3. The Morgan fingerprint density at radius 2 is 1.71 bits per heavy atom. The lowest BCUT2D eigenvalue weighted by molar-refractivity contribution is -0.138. The van der Waals surface area contributed by atoms with Crippen LogP contribution in [0.25, 0.3) is 11.2 Å². The quantitative estimate of drug-likeness (QED) is 0.475. The third-order valence-electron chi connectivity index (χ3n) is 7.51. The molecule has 0 saturated heterocycles. The van der Waals surface area contributed by atoms with Crippen LogP contribution in [0, 0.1) is 12.3 Å². The first kappa shape index (κ1) is 23.3. The minimum Gasteiger partial charge on any atom is -0.465 e. The fourth-order valence-electron chi connectivity index (χ4n) is 5.33. The standard InChI is InChI=1S/C24H27N5O5S/c1-16-2-4-18(5-3-16)35(33,34)29-13-6-19-20(29)25-14-17(27-19)15-26-21(30)23-7-10-24(11-8-23,12-9-23)28-22(31)32/h2-6,13-14,28H,7-12,15H2,1H3,(H,26,30)(H,31,32). The fourth-order valence-corrected chi connectivity index (χ4v) is 6.62. The molecule has 0 unspecified atom stereocenters. The monoisotopic (exact) mass is 497 g/mol. The number of aryl methyl sites for hydroxylation is 1. The van der Waals surface area contributed by atoms with E-state index in [1.807, 2.05) is 6.92 Å². The zero-order chi connectivity index (χ0) is 24.8. The number of rotatable bonds is 6. The second-order valence-corrected chi connectivity index (χ2v) is 11.5. The minimum absolute atomic E-state index is 0.0532. The van der Waals surface area contributed by atoms with Crippen LogP contribution in [0.5, 0.6) is 0 Å². The van der Waals surface area contributed by atoms with Crippen LogP contribution < -0.4 is 10.6 Å². The summed E-state index contributed by atoms with van der Waals surface area (Å²) in [7, 11) is -3.81. The molecule has 11 heteroatoms. The molecule has 2 heterocycles. The Bertz CT molecular complexity index is 1390. The highest BCUT2D eigenvalue weighted by Gasteiger charge is 2.52. The van der Waals surface area contributed by atoms with Gasteiger partial charge in [-0.15, -0.1) is 0 Å². The number of amides is 2. The highest BCUT2D eigenvalue weighted by molar-refractivity contribution is 7.90. The number of fused-ring (bicyclic) bond motifs is 4. The molecule has 3 aliphatic rings. The number of nitrogens with one attached hydrogen (secondary N) is 2. The van der Waals surface area contributed by atoms with Crippen molar-refractivity contribution in [3.63, 3.8) is 0 Å². The number of benzene rings is 1. The molecule has 3 aromatic rings. The van der Waals surface area contributed by atoms with E-state index in [2.05, 4.69) is 20.6 Å². The van der Waals surface area contributed by atoms with E-state index in [-0.39, 0.29) is 23.0 Å². The van der Waals surface area contributed by atoms with Crippen molar-refractivity contribution in [1.29, 1.82) is 0 Å². The maximum Gasteiger partial charge on any atom is 0.405 e. The summed E-state index contributed by atoms with van der Waals surface area (Å²) in [4.78, 5) is 33.2. The van der Waals surface area contributed by atoms with Gasteiger partial charge in [0.15, 0.2) is 5.65 Å². The van der Waals surface area contributed by atoms with Gasteiger partial charge in [-0.05, 0) is 63.6 Å². The summed E-state index contributed by atoms with van der Waals surface area (Å²) in [5.41, 5.74) is 1.25. The Morgan fingerprint density at radius 3 is 2.34 bits per heavy atom. The van der Waals surface area contributed by atoms with Crippen LogP contribution in [-0.4, -0.2) is 45.0 Å². The lowest BCUT2D eigenvalue weighted by atomic mass is 9.57. The average Bonchev–Trinajstić information content (AvgIpc) is 3.27. The van der Waals surface area contributed by atoms with Crippen LogP contribution in [0.1, 0.15) is 49.8 Å². The molecular weight excluding hydrogens is 470 g/mol. The molecule has 35 heavy (non-hydrogen) atoms. The molecule has 3 saturated carbocycles. The van der Waals surface area contributed by atoms with Gasteiger partial charge in [-0.2, -0.15) is 0 Å². The lowest BCUT2D eigenvalue weighted by Crippen LogP contribution is -2.59. The van der Waals surface area contributed by atoms with Crippen molar-refractivity contribution in [2.75, 3.05) is 0 Å². The molecule has 0 atom stereocenters. The Hall–Kier alpha value is -3.47. The molecule has 3 N–H and O–H groups in total. The van der Waals surface area contributed by atoms with Crippen molar-refractivity contribution in [3.05, 3.63) is 54.0 Å². The van der Waals surface area contributed by atoms with E-state index in [1.165, 1.54) is 12.4 Å². The molecule has 6 rings (SSSR count). The van der Waals surface area contributed by atoms with Gasteiger partial charge >= 0.3 is 6.09 Å². The largest absolute Gasteiger partial charge is 0.465 e. The Balaban J connectivity index is 1.28. The molecule has 3 aliphatic carbocycles. The van der Waals surface area contributed by atoms with E-state index in [9.17, 15) is 18.0 Å².